The standard InChI is InChI=1S/C31H34ClFN6O4S/c1-44(40,41)16-14-39-11-9-38(10-12-39)13-15-43-36-20-23-5-7-29-27(18-23)31(35-22-34-29)37-26-6-8-30(28(32)19-26)42-21-24-3-2-4-25(33)17-24/h2-8,17-20,22H,9-16,21H2,1H3,(H,34,35,37)/b36-20+. The largest absolute Gasteiger partial charge is 0.487 e. The molecule has 10 nitrogen and oxygen atoms in total. The molecule has 1 aliphatic heterocycles. The summed E-state index contributed by atoms with van der Waals surface area (Å²) in [6.45, 7) is 5.39. The summed E-state index contributed by atoms with van der Waals surface area (Å²) in [5, 5.41) is 8.65. The molecule has 0 saturated carbocycles. The topological polar surface area (TPSA) is 109 Å². The molecule has 0 bridgehead atoms. The Morgan fingerprint density at radius 2 is 1.82 bits per heavy atom. The van der Waals surface area contributed by atoms with Crippen molar-refractivity contribution >= 4 is 50.1 Å². The maximum atomic E-state index is 13.4. The van der Waals surface area contributed by atoms with Crippen LogP contribution in [-0.4, -0.2) is 92.3 Å². The highest BCUT2D eigenvalue weighted by atomic mass is 35.5. The molecule has 0 radical (unpaired) electrons. The van der Waals surface area contributed by atoms with Gasteiger partial charge in [0.1, 0.15) is 46.8 Å². The van der Waals surface area contributed by atoms with E-state index in [1.54, 1.807) is 30.5 Å². The maximum absolute atomic E-state index is 13.4. The predicted molar refractivity (Wildman–Crippen MR) is 171 cm³/mol. The zero-order valence-electron chi connectivity index (χ0n) is 24.3. The third kappa shape index (κ3) is 9.33. The number of halogens is 2. The first-order chi connectivity index (χ1) is 21.2. The van der Waals surface area contributed by atoms with Crippen molar-refractivity contribution in [2.75, 3.05) is 63.2 Å². The molecule has 0 aliphatic carbocycles. The molecule has 0 unspecified atom stereocenters. The molecule has 0 atom stereocenters. The van der Waals surface area contributed by atoms with Gasteiger partial charge in [-0.3, -0.25) is 9.80 Å². The highest BCUT2D eigenvalue weighted by Gasteiger charge is 2.17. The van der Waals surface area contributed by atoms with Gasteiger partial charge in [-0.15, -0.1) is 0 Å². The van der Waals surface area contributed by atoms with Crippen molar-refractivity contribution < 1.29 is 22.4 Å². The third-order valence-electron chi connectivity index (χ3n) is 7.16. The van der Waals surface area contributed by atoms with E-state index in [1.165, 1.54) is 24.7 Å². The SMILES string of the molecule is CS(=O)(=O)CCN1CCN(CCO/N=C/c2ccc3ncnc(Nc4ccc(OCc5cccc(F)c5)c(Cl)c4)c3c2)CC1. The van der Waals surface area contributed by atoms with Crippen molar-refractivity contribution in [3.8, 4) is 5.75 Å². The van der Waals surface area contributed by atoms with Crippen LogP contribution in [0.25, 0.3) is 10.9 Å². The minimum absolute atomic E-state index is 0.195. The number of aromatic nitrogens is 2. The lowest BCUT2D eigenvalue weighted by Crippen LogP contribution is -2.48. The van der Waals surface area contributed by atoms with Gasteiger partial charge in [0.15, 0.2) is 0 Å². The van der Waals surface area contributed by atoms with Gasteiger partial charge in [-0.25, -0.2) is 22.8 Å². The zero-order chi connectivity index (χ0) is 30.9. The number of oxime groups is 1. The van der Waals surface area contributed by atoms with E-state index >= 15 is 0 Å². The van der Waals surface area contributed by atoms with Gasteiger partial charge in [-0.2, -0.15) is 0 Å². The monoisotopic (exact) mass is 640 g/mol. The average Bonchev–Trinajstić information content (AvgIpc) is 3.00. The van der Waals surface area contributed by atoms with Crippen molar-refractivity contribution in [3.05, 3.63) is 89.0 Å². The molecule has 13 heteroatoms. The number of benzene rings is 3. The molecule has 3 aromatic carbocycles. The summed E-state index contributed by atoms with van der Waals surface area (Å²) >= 11 is 6.47. The highest BCUT2D eigenvalue weighted by Crippen LogP contribution is 2.31. The van der Waals surface area contributed by atoms with E-state index in [-0.39, 0.29) is 18.2 Å². The van der Waals surface area contributed by atoms with Gasteiger partial charge in [0.05, 0.1) is 22.5 Å². The summed E-state index contributed by atoms with van der Waals surface area (Å²) in [6, 6.07) is 17.3. The minimum atomic E-state index is -2.94. The number of anilines is 2. The van der Waals surface area contributed by atoms with E-state index in [0.29, 0.717) is 41.0 Å². The summed E-state index contributed by atoms with van der Waals surface area (Å²) in [4.78, 5) is 18.8. The van der Waals surface area contributed by atoms with Crippen molar-refractivity contribution in [1.29, 1.82) is 0 Å². The minimum Gasteiger partial charge on any atom is -0.487 e. The lowest BCUT2D eigenvalue weighted by atomic mass is 10.1. The van der Waals surface area contributed by atoms with Gasteiger partial charge in [0.25, 0.3) is 0 Å². The normalized spacial score (nSPS) is 14.7. The molecule has 232 valence electrons. The number of nitrogens with zero attached hydrogens (tertiary/aromatic N) is 5. The van der Waals surface area contributed by atoms with Gasteiger partial charge >= 0.3 is 0 Å². The van der Waals surface area contributed by atoms with Crippen LogP contribution in [-0.2, 0) is 21.3 Å². The molecule has 2 heterocycles. The van der Waals surface area contributed by atoms with Crippen LogP contribution in [0.15, 0.2) is 72.1 Å². The molecule has 4 aromatic rings. The summed E-state index contributed by atoms with van der Waals surface area (Å²) in [5.74, 6) is 0.967. The molecular formula is C31H34ClFN6O4S. The highest BCUT2D eigenvalue weighted by molar-refractivity contribution is 7.90. The van der Waals surface area contributed by atoms with E-state index in [0.717, 1.165) is 49.2 Å². The Kier molecular flexibility index (Phi) is 10.6. The number of fused-ring (bicyclic) bond motifs is 1. The van der Waals surface area contributed by atoms with Crippen LogP contribution in [0.3, 0.4) is 0 Å². The van der Waals surface area contributed by atoms with E-state index < -0.39 is 9.84 Å². The number of hydrogen-bond acceptors (Lipinski definition) is 10. The van der Waals surface area contributed by atoms with Crippen LogP contribution in [0.1, 0.15) is 11.1 Å². The number of sulfone groups is 1. The second kappa shape index (κ2) is 14.8. The first-order valence-electron chi connectivity index (χ1n) is 14.2. The smallest absolute Gasteiger partial charge is 0.148 e. The van der Waals surface area contributed by atoms with E-state index in [9.17, 15) is 12.8 Å². The van der Waals surface area contributed by atoms with Crippen LogP contribution in [0, 0.1) is 5.82 Å². The summed E-state index contributed by atoms with van der Waals surface area (Å²) in [7, 11) is -2.94. The van der Waals surface area contributed by atoms with Crippen LogP contribution in [0.5, 0.6) is 5.75 Å². The number of hydrogen-bond donors (Lipinski definition) is 1. The molecule has 1 fully saturated rings. The molecule has 1 saturated heterocycles. The summed E-state index contributed by atoms with van der Waals surface area (Å²) in [6.07, 6.45) is 4.42. The van der Waals surface area contributed by atoms with Crippen molar-refractivity contribution in [3.63, 3.8) is 0 Å². The second-order valence-electron chi connectivity index (χ2n) is 10.6. The van der Waals surface area contributed by atoms with Gasteiger partial charge in [-0.1, -0.05) is 35.0 Å². The molecule has 1 aromatic heterocycles. The number of rotatable bonds is 13. The first kappa shape index (κ1) is 31.6. The molecule has 0 amide bonds. The average molecular weight is 641 g/mol. The number of piperazine rings is 1. The molecule has 1 N–H and O–H groups in total. The van der Waals surface area contributed by atoms with Crippen molar-refractivity contribution in [1.82, 2.24) is 19.8 Å². The van der Waals surface area contributed by atoms with E-state index in [2.05, 4.69) is 30.2 Å². The Morgan fingerprint density at radius 1 is 1.02 bits per heavy atom. The Balaban J connectivity index is 1.13. The van der Waals surface area contributed by atoms with Crippen LogP contribution in [0.4, 0.5) is 15.9 Å². The number of ether oxygens (including phenoxy) is 1. The van der Waals surface area contributed by atoms with Gasteiger partial charge in [0, 0.05) is 56.6 Å². The van der Waals surface area contributed by atoms with Gasteiger partial charge in [-0.05, 0) is 53.6 Å². The zero-order valence-corrected chi connectivity index (χ0v) is 25.9. The van der Waals surface area contributed by atoms with Gasteiger partial charge < -0.3 is 14.9 Å². The molecular weight excluding hydrogens is 607 g/mol. The second-order valence-corrected chi connectivity index (χ2v) is 13.2. The maximum Gasteiger partial charge on any atom is 0.148 e. The van der Waals surface area contributed by atoms with Gasteiger partial charge in [0.2, 0.25) is 0 Å². The van der Waals surface area contributed by atoms with E-state index in [4.69, 9.17) is 21.2 Å². The molecule has 5 rings (SSSR count). The summed E-state index contributed by atoms with van der Waals surface area (Å²) in [5.41, 5.74) is 3.01. The fourth-order valence-electron chi connectivity index (χ4n) is 4.73. The quantitative estimate of drug-likeness (QED) is 0.126. The Morgan fingerprint density at radius 3 is 2.57 bits per heavy atom. The Labute approximate surface area is 261 Å². The lowest BCUT2D eigenvalue weighted by molar-refractivity contribution is 0.0815. The molecule has 1 aliphatic rings. The predicted octanol–water partition coefficient (Wildman–Crippen LogP) is 4.76. The number of nitrogens with one attached hydrogen (secondary N) is 1. The fourth-order valence-corrected chi connectivity index (χ4v) is 5.55. The molecule has 0 spiro atoms. The van der Waals surface area contributed by atoms with E-state index in [1.807, 2.05) is 24.3 Å². The summed E-state index contributed by atoms with van der Waals surface area (Å²) < 4.78 is 42.0. The third-order valence-corrected chi connectivity index (χ3v) is 8.38. The van der Waals surface area contributed by atoms with Crippen molar-refractivity contribution in [2.24, 2.45) is 5.16 Å². The van der Waals surface area contributed by atoms with Crippen LogP contribution >= 0.6 is 11.6 Å². The Hall–Kier alpha value is -3.84. The fraction of sp³-hybridized carbons (Fsp3) is 0.323. The first-order valence-corrected chi connectivity index (χ1v) is 16.6. The van der Waals surface area contributed by atoms with Crippen LogP contribution < -0.4 is 10.1 Å². The molecule has 44 heavy (non-hydrogen) atoms. The van der Waals surface area contributed by atoms with Crippen molar-refractivity contribution in [2.45, 2.75) is 6.61 Å². The Bertz CT molecular complexity index is 1720. The van der Waals surface area contributed by atoms with Crippen LogP contribution in [0.2, 0.25) is 5.02 Å². The lowest BCUT2D eigenvalue weighted by Gasteiger charge is -2.34.